The standard InChI is InChI=1S/C52H34N2O/c1-3-11-35(12-4-1)36-19-25-41(26-20-36)53(43-29-32-50-47(34-43)52-44-16-8-7-13-38(44)24-31-51(52)55-50)42-27-21-37(22-28-42)39-23-30-49-46(33-39)45-17-9-10-18-48(45)54(49)40-14-5-2-6-15-40/h1-34H. The van der Waals surface area contributed by atoms with Crippen LogP contribution in [0.1, 0.15) is 0 Å². The minimum absolute atomic E-state index is 0.883. The molecule has 0 spiro atoms. The van der Waals surface area contributed by atoms with E-state index in [1.807, 2.05) is 0 Å². The van der Waals surface area contributed by atoms with Crippen molar-refractivity contribution in [2.24, 2.45) is 0 Å². The summed E-state index contributed by atoms with van der Waals surface area (Å²) < 4.78 is 8.76. The fourth-order valence-corrected chi connectivity index (χ4v) is 8.37. The summed E-state index contributed by atoms with van der Waals surface area (Å²) in [6.45, 7) is 0. The quantitative estimate of drug-likeness (QED) is 0.172. The molecular formula is C52H34N2O. The Kier molecular flexibility index (Phi) is 7.17. The highest BCUT2D eigenvalue weighted by atomic mass is 16.3. The highest BCUT2D eigenvalue weighted by Gasteiger charge is 2.18. The Labute approximate surface area is 318 Å². The van der Waals surface area contributed by atoms with Crippen LogP contribution in [0.3, 0.4) is 0 Å². The predicted molar refractivity (Wildman–Crippen MR) is 231 cm³/mol. The first kappa shape index (κ1) is 31.2. The lowest BCUT2D eigenvalue weighted by Gasteiger charge is -2.26. The number of hydrogen-bond donors (Lipinski definition) is 0. The van der Waals surface area contributed by atoms with E-state index in [9.17, 15) is 0 Å². The number of nitrogens with zero attached hydrogens (tertiary/aromatic N) is 2. The normalized spacial score (nSPS) is 11.6. The van der Waals surface area contributed by atoms with Crippen LogP contribution in [0.5, 0.6) is 0 Å². The Morgan fingerprint density at radius 2 is 0.909 bits per heavy atom. The maximum absolute atomic E-state index is 6.40. The van der Waals surface area contributed by atoms with Gasteiger partial charge in [0.2, 0.25) is 0 Å². The zero-order chi connectivity index (χ0) is 36.3. The first-order valence-corrected chi connectivity index (χ1v) is 18.8. The van der Waals surface area contributed by atoms with Gasteiger partial charge in [0.1, 0.15) is 11.2 Å². The number of benzene rings is 9. The molecule has 0 amide bonds. The van der Waals surface area contributed by atoms with Crippen molar-refractivity contribution in [2.75, 3.05) is 4.90 Å². The highest BCUT2D eigenvalue weighted by Crippen LogP contribution is 2.42. The Morgan fingerprint density at radius 1 is 0.345 bits per heavy atom. The molecule has 0 fully saturated rings. The van der Waals surface area contributed by atoms with Gasteiger partial charge in [0, 0.05) is 44.3 Å². The maximum Gasteiger partial charge on any atom is 0.136 e. The van der Waals surface area contributed by atoms with Crippen LogP contribution in [0.4, 0.5) is 17.1 Å². The molecule has 0 saturated carbocycles. The Balaban J connectivity index is 1.04. The van der Waals surface area contributed by atoms with Crippen molar-refractivity contribution in [1.29, 1.82) is 0 Å². The molecule has 0 N–H and O–H groups in total. The highest BCUT2D eigenvalue weighted by molar-refractivity contribution is 6.19. The molecule has 0 radical (unpaired) electrons. The number of fused-ring (bicyclic) bond motifs is 8. The Bertz CT molecular complexity index is 3180. The van der Waals surface area contributed by atoms with Gasteiger partial charge < -0.3 is 13.9 Å². The molecule has 0 bridgehead atoms. The number of anilines is 3. The molecule has 11 aromatic rings. The second kappa shape index (κ2) is 12.6. The van der Waals surface area contributed by atoms with Gasteiger partial charge in [-0.05, 0) is 112 Å². The van der Waals surface area contributed by atoms with E-state index in [0.29, 0.717) is 0 Å². The topological polar surface area (TPSA) is 21.3 Å². The van der Waals surface area contributed by atoms with Crippen LogP contribution < -0.4 is 4.90 Å². The summed E-state index contributed by atoms with van der Waals surface area (Å²) in [5.74, 6) is 0. The molecule has 0 aliphatic heterocycles. The maximum atomic E-state index is 6.40. The lowest BCUT2D eigenvalue weighted by molar-refractivity contribution is 0.669. The van der Waals surface area contributed by atoms with E-state index in [2.05, 4.69) is 216 Å². The lowest BCUT2D eigenvalue weighted by Crippen LogP contribution is -2.09. The number of furan rings is 1. The van der Waals surface area contributed by atoms with Gasteiger partial charge in [0.05, 0.1) is 11.0 Å². The van der Waals surface area contributed by atoms with Gasteiger partial charge in [-0.1, -0.05) is 127 Å². The SMILES string of the molecule is c1ccc(-c2ccc(N(c3ccc(-c4ccc5c(c4)c4ccccc4n5-c4ccccc4)cc3)c3ccc4oc5ccc6ccccc6c5c4c3)cc2)cc1. The summed E-state index contributed by atoms with van der Waals surface area (Å²) in [6.07, 6.45) is 0. The summed E-state index contributed by atoms with van der Waals surface area (Å²) in [7, 11) is 0. The van der Waals surface area contributed by atoms with Gasteiger partial charge in [-0.3, -0.25) is 0 Å². The minimum Gasteiger partial charge on any atom is -0.456 e. The van der Waals surface area contributed by atoms with Crippen LogP contribution >= 0.6 is 0 Å². The smallest absolute Gasteiger partial charge is 0.136 e. The fourth-order valence-electron chi connectivity index (χ4n) is 8.37. The van der Waals surface area contributed by atoms with Gasteiger partial charge >= 0.3 is 0 Å². The van der Waals surface area contributed by atoms with Gasteiger partial charge in [-0.25, -0.2) is 0 Å². The van der Waals surface area contributed by atoms with Crippen molar-refractivity contribution in [2.45, 2.75) is 0 Å². The van der Waals surface area contributed by atoms with E-state index in [-0.39, 0.29) is 0 Å². The first-order valence-electron chi connectivity index (χ1n) is 18.8. The largest absolute Gasteiger partial charge is 0.456 e. The van der Waals surface area contributed by atoms with Crippen molar-refractivity contribution < 1.29 is 4.42 Å². The summed E-state index contributed by atoms with van der Waals surface area (Å²) in [6, 6.07) is 73.9. The first-order chi connectivity index (χ1) is 27.3. The third kappa shape index (κ3) is 5.20. The molecule has 0 atom stereocenters. The molecular weight excluding hydrogens is 669 g/mol. The lowest BCUT2D eigenvalue weighted by atomic mass is 10.0. The average molecular weight is 703 g/mol. The average Bonchev–Trinajstić information content (AvgIpc) is 3.80. The van der Waals surface area contributed by atoms with Crippen molar-refractivity contribution in [1.82, 2.24) is 4.57 Å². The summed E-state index contributed by atoms with van der Waals surface area (Å²) in [5.41, 5.74) is 13.3. The Morgan fingerprint density at radius 3 is 1.67 bits per heavy atom. The molecule has 258 valence electrons. The van der Waals surface area contributed by atoms with Gasteiger partial charge in [-0.2, -0.15) is 0 Å². The number of para-hydroxylation sites is 2. The van der Waals surface area contributed by atoms with E-state index >= 15 is 0 Å². The molecule has 0 aliphatic rings. The third-order valence-corrected chi connectivity index (χ3v) is 11.0. The molecule has 2 heterocycles. The zero-order valence-electron chi connectivity index (χ0n) is 29.9. The monoisotopic (exact) mass is 702 g/mol. The van der Waals surface area contributed by atoms with Crippen LogP contribution in [-0.2, 0) is 0 Å². The minimum atomic E-state index is 0.883. The molecule has 55 heavy (non-hydrogen) atoms. The predicted octanol–water partition coefficient (Wildman–Crippen LogP) is 14.6. The van der Waals surface area contributed by atoms with Crippen LogP contribution in [0.2, 0.25) is 0 Å². The van der Waals surface area contributed by atoms with Gasteiger partial charge in [-0.15, -0.1) is 0 Å². The van der Waals surface area contributed by atoms with Crippen LogP contribution in [0.15, 0.2) is 211 Å². The van der Waals surface area contributed by atoms with Crippen molar-refractivity contribution >= 4 is 71.6 Å². The van der Waals surface area contributed by atoms with Gasteiger partial charge in [0.15, 0.2) is 0 Å². The third-order valence-electron chi connectivity index (χ3n) is 11.0. The van der Waals surface area contributed by atoms with E-state index < -0.39 is 0 Å². The van der Waals surface area contributed by atoms with Crippen molar-refractivity contribution in [3.63, 3.8) is 0 Å². The van der Waals surface area contributed by atoms with Crippen molar-refractivity contribution in [3.05, 3.63) is 206 Å². The summed E-state index contributed by atoms with van der Waals surface area (Å²) in [4.78, 5) is 2.35. The van der Waals surface area contributed by atoms with E-state index in [4.69, 9.17) is 4.42 Å². The van der Waals surface area contributed by atoms with Crippen LogP contribution in [0, 0.1) is 0 Å². The van der Waals surface area contributed by atoms with E-state index in [1.54, 1.807) is 0 Å². The second-order valence-electron chi connectivity index (χ2n) is 14.2. The molecule has 0 saturated heterocycles. The second-order valence-corrected chi connectivity index (χ2v) is 14.2. The molecule has 11 rings (SSSR count). The number of hydrogen-bond acceptors (Lipinski definition) is 2. The molecule has 3 nitrogen and oxygen atoms in total. The number of aromatic nitrogens is 1. The summed E-state index contributed by atoms with van der Waals surface area (Å²) >= 11 is 0. The van der Waals surface area contributed by atoms with Crippen LogP contribution in [-0.4, -0.2) is 4.57 Å². The molecule has 2 aromatic heterocycles. The molecule has 0 aliphatic carbocycles. The van der Waals surface area contributed by atoms with Crippen molar-refractivity contribution in [3.8, 4) is 27.9 Å². The van der Waals surface area contributed by atoms with Crippen LogP contribution in [0.25, 0.3) is 82.5 Å². The fraction of sp³-hybridized carbons (Fsp3) is 0. The molecule has 9 aromatic carbocycles. The van der Waals surface area contributed by atoms with Gasteiger partial charge in [0.25, 0.3) is 0 Å². The van der Waals surface area contributed by atoms with E-state index in [1.165, 1.54) is 54.8 Å². The zero-order valence-corrected chi connectivity index (χ0v) is 29.9. The van der Waals surface area contributed by atoms with E-state index in [0.717, 1.165) is 44.7 Å². The Hall–Kier alpha value is -7.36. The molecule has 3 heteroatoms. The number of rotatable bonds is 6. The summed E-state index contributed by atoms with van der Waals surface area (Å²) in [5, 5.41) is 7.15. The molecule has 0 unspecified atom stereocenters.